The molecule has 0 spiro atoms. The van der Waals surface area contributed by atoms with Gasteiger partial charge in [-0.3, -0.25) is 0 Å². The zero-order chi connectivity index (χ0) is 19.1. The van der Waals surface area contributed by atoms with Crippen molar-refractivity contribution in [2.45, 2.75) is 41.3 Å². The number of rotatable bonds is 7. The first-order valence-corrected chi connectivity index (χ1v) is 9.46. The second-order valence-corrected chi connectivity index (χ2v) is 7.32. The van der Waals surface area contributed by atoms with Crippen molar-refractivity contribution >= 4 is 11.8 Å². The maximum absolute atomic E-state index is 10.4. The van der Waals surface area contributed by atoms with Crippen molar-refractivity contribution in [1.82, 2.24) is 0 Å². The molecule has 1 aliphatic heterocycles. The molecule has 0 bridgehead atoms. The first kappa shape index (κ1) is 19.7. The van der Waals surface area contributed by atoms with Crippen LogP contribution in [0.4, 0.5) is 0 Å². The number of benzene rings is 2. The number of thioether (sulfide) groups is 1. The molecule has 1 heterocycles. The molecule has 0 aliphatic carbocycles. The molecule has 0 aromatic heterocycles. The number of aliphatic hydroxyl groups excluding tert-OH is 2. The molecule has 1 fully saturated rings. The molecule has 7 nitrogen and oxygen atoms in total. The summed E-state index contributed by atoms with van der Waals surface area (Å²) >= 11 is 1.34. The third-order valence-electron chi connectivity index (χ3n) is 4.24. The molecule has 142 valence electrons. The lowest BCUT2D eigenvalue weighted by atomic mass is 9.99. The fraction of sp³-hybridized carbons (Fsp3) is 0.368. The first-order valence-electron chi connectivity index (χ1n) is 8.58. The van der Waals surface area contributed by atoms with E-state index >= 15 is 0 Å². The Kier molecular flexibility index (Phi) is 7.11. The molecular weight excluding hydrogens is 366 g/mol. The third kappa shape index (κ3) is 5.23. The van der Waals surface area contributed by atoms with Crippen LogP contribution in [0.2, 0.25) is 0 Å². The number of nitrogens with zero attached hydrogens (tertiary/aromatic N) is 3. The molecule has 0 radical (unpaired) electrons. The predicted molar refractivity (Wildman–Crippen MR) is 102 cm³/mol. The summed E-state index contributed by atoms with van der Waals surface area (Å²) in [6, 6.07) is 18.2. The van der Waals surface area contributed by atoms with Crippen molar-refractivity contribution in [3.63, 3.8) is 0 Å². The average molecular weight is 387 g/mol. The minimum Gasteiger partial charge on any atom is -0.390 e. The van der Waals surface area contributed by atoms with E-state index < -0.39 is 29.8 Å². The largest absolute Gasteiger partial charge is 0.390 e. The molecule has 0 saturated carbocycles. The highest BCUT2D eigenvalue weighted by molar-refractivity contribution is 7.99. The van der Waals surface area contributed by atoms with Crippen LogP contribution >= 0.6 is 11.8 Å². The lowest BCUT2D eigenvalue weighted by Crippen LogP contribution is -2.56. The normalized spacial score (nSPS) is 27.7. The van der Waals surface area contributed by atoms with Gasteiger partial charge in [0.05, 0.1) is 19.3 Å². The maximum atomic E-state index is 10.4. The Morgan fingerprint density at radius 1 is 1.04 bits per heavy atom. The van der Waals surface area contributed by atoms with Gasteiger partial charge in [0.1, 0.15) is 23.7 Å². The highest BCUT2D eigenvalue weighted by Gasteiger charge is 2.44. The first-order chi connectivity index (χ1) is 13.2. The fourth-order valence-electron chi connectivity index (χ4n) is 2.83. The Morgan fingerprint density at radius 2 is 1.70 bits per heavy atom. The van der Waals surface area contributed by atoms with Gasteiger partial charge >= 0.3 is 0 Å². The number of ether oxygens (including phenoxy) is 2. The topological polar surface area (TPSA) is 108 Å². The van der Waals surface area contributed by atoms with Crippen molar-refractivity contribution in [1.29, 1.82) is 0 Å². The van der Waals surface area contributed by atoms with Gasteiger partial charge in [-0.05, 0) is 23.2 Å². The van der Waals surface area contributed by atoms with Gasteiger partial charge in [-0.15, -0.1) is 0 Å². The van der Waals surface area contributed by atoms with E-state index in [4.69, 9.17) is 15.0 Å². The van der Waals surface area contributed by atoms with Crippen molar-refractivity contribution in [2.24, 2.45) is 5.11 Å². The standard InChI is InChI=1S/C19H21N3O4S/c20-22-21-16-18(24)17(23)15(12-25-11-13-7-3-1-4-8-13)26-19(16)27-14-9-5-2-6-10-14/h1-10,15-19,23-24H,11-12H2/t15-,16-,17+,18-,19+/m1/s1. The van der Waals surface area contributed by atoms with E-state index in [9.17, 15) is 10.2 Å². The van der Waals surface area contributed by atoms with Crippen LogP contribution in [0.25, 0.3) is 10.4 Å². The zero-order valence-corrected chi connectivity index (χ0v) is 15.4. The molecular formula is C19H21N3O4S. The number of hydrogen-bond donors (Lipinski definition) is 2. The van der Waals surface area contributed by atoms with E-state index in [0.717, 1.165) is 10.5 Å². The van der Waals surface area contributed by atoms with Gasteiger partial charge < -0.3 is 19.7 Å². The lowest BCUT2D eigenvalue weighted by molar-refractivity contribution is -0.173. The number of hydrogen-bond acceptors (Lipinski definition) is 6. The quantitative estimate of drug-likeness (QED) is 0.431. The molecule has 3 rings (SSSR count). The fourth-order valence-corrected chi connectivity index (χ4v) is 3.97. The maximum Gasteiger partial charge on any atom is 0.119 e. The van der Waals surface area contributed by atoms with Crippen LogP contribution in [0.3, 0.4) is 0 Å². The predicted octanol–water partition coefficient (Wildman–Crippen LogP) is 3.12. The summed E-state index contributed by atoms with van der Waals surface area (Å²) in [6.07, 6.45) is -3.17. The van der Waals surface area contributed by atoms with Gasteiger partial charge in [0.15, 0.2) is 0 Å². The van der Waals surface area contributed by atoms with Gasteiger partial charge in [0.25, 0.3) is 0 Å². The van der Waals surface area contributed by atoms with E-state index in [1.165, 1.54) is 11.8 Å². The van der Waals surface area contributed by atoms with E-state index in [-0.39, 0.29) is 6.61 Å². The molecule has 0 amide bonds. The highest BCUT2D eigenvalue weighted by atomic mass is 32.2. The summed E-state index contributed by atoms with van der Waals surface area (Å²) in [4.78, 5) is 3.70. The number of azide groups is 1. The molecule has 8 heteroatoms. The van der Waals surface area contributed by atoms with Gasteiger partial charge in [-0.2, -0.15) is 0 Å². The smallest absolute Gasteiger partial charge is 0.119 e. The van der Waals surface area contributed by atoms with E-state index in [1.54, 1.807) is 0 Å². The molecule has 5 atom stereocenters. The average Bonchev–Trinajstić information content (AvgIpc) is 2.70. The molecule has 2 aromatic rings. The Labute approximate surface area is 161 Å². The molecule has 27 heavy (non-hydrogen) atoms. The highest BCUT2D eigenvalue weighted by Crippen LogP contribution is 2.35. The zero-order valence-electron chi connectivity index (χ0n) is 14.5. The van der Waals surface area contributed by atoms with Crippen LogP contribution < -0.4 is 0 Å². The van der Waals surface area contributed by atoms with Gasteiger partial charge in [-0.25, -0.2) is 0 Å². The summed E-state index contributed by atoms with van der Waals surface area (Å²) in [5.41, 5.74) is 9.19. The lowest BCUT2D eigenvalue weighted by Gasteiger charge is -2.40. The monoisotopic (exact) mass is 387 g/mol. The van der Waals surface area contributed by atoms with E-state index in [2.05, 4.69) is 10.0 Å². The Morgan fingerprint density at radius 3 is 2.37 bits per heavy atom. The minimum absolute atomic E-state index is 0.113. The van der Waals surface area contributed by atoms with Gasteiger partial charge in [-0.1, -0.05) is 65.4 Å². The summed E-state index contributed by atoms with van der Waals surface area (Å²) in [5.74, 6) is 0. The summed E-state index contributed by atoms with van der Waals surface area (Å²) in [5, 5.41) is 24.4. The van der Waals surface area contributed by atoms with Crippen molar-refractivity contribution in [2.75, 3.05) is 6.61 Å². The van der Waals surface area contributed by atoms with Crippen LogP contribution in [-0.2, 0) is 16.1 Å². The second kappa shape index (κ2) is 9.75. The summed E-state index contributed by atoms with van der Waals surface area (Å²) < 4.78 is 11.6. The van der Waals surface area contributed by atoms with Crippen LogP contribution in [0, 0.1) is 0 Å². The molecule has 1 aliphatic rings. The Hall–Kier alpha value is -2.06. The second-order valence-electron chi connectivity index (χ2n) is 6.15. The summed E-state index contributed by atoms with van der Waals surface area (Å²) in [7, 11) is 0. The van der Waals surface area contributed by atoms with E-state index in [0.29, 0.717) is 6.61 Å². The number of aliphatic hydroxyl groups is 2. The summed E-state index contributed by atoms with van der Waals surface area (Å²) in [6.45, 7) is 0.488. The van der Waals surface area contributed by atoms with Gasteiger partial charge in [0, 0.05) is 9.81 Å². The molecule has 2 N–H and O–H groups in total. The van der Waals surface area contributed by atoms with Crippen LogP contribution in [-0.4, -0.2) is 46.6 Å². The van der Waals surface area contributed by atoms with Crippen LogP contribution in [0.5, 0.6) is 0 Å². The Bertz CT molecular complexity index is 758. The minimum atomic E-state index is -1.24. The Balaban J connectivity index is 1.66. The molecule has 1 saturated heterocycles. The third-order valence-corrected chi connectivity index (χ3v) is 5.41. The molecule has 2 aromatic carbocycles. The van der Waals surface area contributed by atoms with Crippen LogP contribution in [0.1, 0.15) is 5.56 Å². The molecule has 0 unspecified atom stereocenters. The van der Waals surface area contributed by atoms with Crippen molar-refractivity contribution in [3.8, 4) is 0 Å². The van der Waals surface area contributed by atoms with Crippen molar-refractivity contribution < 1.29 is 19.7 Å². The van der Waals surface area contributed by atoms with Crippen LogP contribution in [0.15, 0.2) is 70.7 Å². The van der Waals surface area contributed by atoms with E-state index in [1.807, 2.05) is 60.7 Å². The SMILES string of the molecule is [N-]=[N+]=N[C@@H]1[C@@H](O)[C@@H](O)[C@@H](COCc2ccccc2)O[C@H]1Sc1ccccc1. The van der Waals surface area contributed by atoms with Gasteiger partial charge in [0.2, 0.25) is 0 Å². The van der Waals surface area contributed by atoms with Crippen molar-refractivity contribution in [3.05, 3.63) is 76.7 Å².